The quantitative estimate of drug-likeness (QED) is 0.319. The molecule has 32 heavy (non-hydrogen) atoms. The zero-order valence-electron chi connectivity index (χ0n) is 16.6. The van der Waals surface area contributed by atoms with E-state index in [2.05, 4.69) is 15.9 Å². The SMILES string of the molecule is O=C1SC(=Cc2cc(Br)ccc2OCc2ccccc2)C(=O)N1Cc1c(F)cccc1Cl. The molecule has 0 atom stereocenters. The summed E-state index contributed by atoms with van der Waals surface area (Å²) >= 11 is 10.3. The van der Waals surface area contributed by atoms with E-state index in [9.17, 15) is 14.0 Å². The molecular weight excluding hydrogens is 517 g/mol. The van der Waals surface area contributed by atoms with Gasteiger partial charge in [-0.3, -0.25) is 14.5 Å². The van der Waals surface area contributed by atoms with Crippen molar-refractivity contribution in [2.75, 3.05) is 0 Å². The van der Waals surface area contributed by atoms with E-state index in [4.69, 9.17) is 16.3 Å². The van der Waals surface area contributed by atoms with Gasteiger partial charge < -0.3 is 4.74 Å². The van der Waals surface area contributed by atoms with Crippen LogP contribution < -0.4 is 4.74 Å². The number of ether oxygens (including phenoxy) is 1. The lowest BCUT2D eigenvalue weighted by atomic mass is 10.1. The van der Waals surface area contributed by atoms with Crippen molar-refractivity contribution in [3.8, 4) is 5.75 Å². The van der Waals surface area contributed by atoms with Crippen molar-refractivity contribution in [2.24, 2.45) is 0 Å². The average molecular weight is 533 g/mol. The van der Waals surface area contributed by atoms with E-state index in [0.717, 1.165) is 26.7 Å². The number of amides is 2. The maximum absolute atomic E-state index is 14.1. The number of rotatable bonds is 6. The zero-order chi connectivity index (χ0) is 22.7. The Labute approximate surface area is 202 Å². The van der Waals surface area contributed by atoms with E-state index in [-0.39, 0.29) is 22.0 Å². The Morgan fingerprint density at radius 2 is 1.84 bits per heavy atom. The van der Waals surface area contributed by atoms with Crippen LogP contribution in [0.15, 0.2) is 76.1 Å². The van der Waals surface area contributed by atoms with Crippen LogP contribution in [0.3, 0.4) is 0 Å². The lowest BCUT2D eigenvalue weighted by Gasteiger charge is -2.14. The maximum Gasteiger partial charge on any atom is 0.293 e. The molecule has 2 amide bonds. The second-order valence-corrected chi connectivity index (χ2v) is 9.24. The number of hydrogen-bond donors (Lipinski definition) is 0. The van der Waals surface area contributed by atoms with Gasteiger partial charge in [0.05, 0.1) is 11.4 Å². The van der Waals surface area contributed by atoms with Crippen LogP contribution in [0.1, 0.15) is 16.7 Å². The summed E-state index contributed by atoms with van der Waals surface area (Å²) < 4.78 is 20.9. The number of imide groups is 1. The summed E-state index contributed by atoms with van der Waals surface area (Å²) in [4.78, 5) is 26.6. The van der Waals surface area contributed by atoms with Gasteiger partial charge >= 0.3 is 0 Å². The summed E-state index contributed by atoms with van der Waals surface area (Å²) in [5.41, 5.74) is 1.75. The molecule has 162 valence electrons. The third kappa shape index (κ3) is 5.06. The third-order valence-electron chi connectivity index (χ3n) is 4.75. The minimum absolute atomic E-state index is 0.104. The second kappa shape index (κ2) is 9.90. The summed E-state index contributed by atoms with van der Waals surface area (Å²) in [5.74, 6) is -0.501. The lowest BCUT2D eigenvalue weighted by molar-refractivity contribution is -0.123. The van der Waals surface area contributed by atoms with Gasteiger partial charge in [-0.2, -0.15) is 0 Å². The largest absolute Gasteiger partial charge is 0.488 e. The Balaban J connectivity index is 1.58. The van der Waals surface area contributed by atoms with Crippen LogP contribution in [0.2, 0.25) is 5.02 Å². The number of halogens is 3. The van der Waals surface area contributed by atoms with E-state index < -0.39 is 17.0 Å². The standard InChI is InChI=1S/C24H16BrClFNO3S/c25-17-9-10-21(31-14-15-5-2-1-3-6-15)16(11-17)12-22-23(29)28(24(30)32-22)13-18-19(26)7-4-8-20(18)27/h1-12H,13-14H2. The molecule has 3 aromatic carbocycles. The number of nitrogens with zero attached hydrogens (tertiary/aromatic N) is 1. The van der Waals surface area contributed by atoms with Crippen LogP contribution in [0, 0.1) is 5.82 Å². The van der Waals surface area contributed by atoms with E-state index in [0.29, 0.717) is 17.9 Å². The van der Waals surface area contributed by atoms with Crippen molar-refractivity contribution >= 4 is 56.5 Å². The Kier molecular flexibility index (Phi) is 6.98. The molecule has 0 bridgehead atoms. The van der Waals surface area contributed by atoms with E-state index in [1.165, 1.54) is 18.2 Å². The van der Waals surface area contributed by atoms with Gasteiger partial charge in [-0.05, 0) is 53.7 Å². The Hall–Kier alpha value is -2.61. The molecule has 0 aromatic heterocycles. The number of carbonyl (C=O) groups excluding carboxylic acids is 2. The van der Waals surface area contributed by atoms with Gasteiger partial charge in [0.1, 0.15) is 18.2 Å². The predicted octanol–water partition coefficient (Wildman–Crippen LogP) is 7.06. The molecule has 8 heteroatoms. The van der Waals surface area contributed by atoms with Crippen molar-refractivity contribution in [1.29, 1.82) is 0 Å². The molecule has 3 aromatic rings. The van der Waals surface area contributed by atoms with Crippen LogP contribution in [0.5, 0.6) is 5.75 Å². The molecular formula is C24H16BrClFNO3S. The van der Waals surface area contributed by atoms with Gasteiger partial charge in [0.25, 0.3) is 11.1 Å². The van der Waals surface area contributed by atoms with Crippen molar-refractivity contribution in [3.63, 3.8) is 0 Å². The highest BCUT2D eigenvalue weighted by Gasteiger charge is 2.36. The number of thioether (sulfide) groups is 1. The predicted molar refractivity (Wildman–Crippen MR) is 128 cm³/mol. The van der Waals surface area contributed by atoms with Crippen molar-refractivity contribution in [3.05, 3.63) is 104 Å². The van der Waals surface area contributed by atoms with Gasteiger partial charge in [-0.1, -0.05) is 63.9 Å². The Bertz CT molecular complexity index is 1200. The molecule has 1 saturated heterocycles. The fourth-order valence-electron chi connectivity index (χ4n) is 3.12. The summed E-state index contributed by atoms with van der Waals surface area (Å²) in [6, 6.07) is 19.4. The molecule has 1 fully saturated rings. The second-order valence-electron chi connectivity index (χ2n) is 6.92. The number of hydrogen-bond acceptors (Lipinski definition) is 4. The van der Waals surface area contributed by atoms with Gasteiger partial charge in [0.15, 0.2) is 0 Å². The summed E-state index contributed by atoms with van der Waals surface area (Å²) in [7, 11) is 0. The minimum Gasteiger partial charge on any atom is -0.488 e. The van der Waals surface area contributed by atoms with E-state index >= 15 is 0 Å². The lowest BCUT2D eigenvalue weighted by Crippen LogP contribution is -2.28. The third-order valence-corrected chi connectivity index (χ3v) is 6.50. The van der Waals surface area contributed by atoms with Gasteiger partial charge in [0, 0.05) is 20.6 Å². The Morgan fingerprint density at radius 1 is 1.06 bits per heavy atom. The fraction of sp³-hybridized carbons (Fsp3) is 0.0833. The van der Waals surface area contributed by atoms with E-state index in [1.54, 1.807) is 12.1 Å². The van der Waals surface area contributed by atoms with Crippen molar-refractivity contribution in [2.45, 2.75) is 13.2 Å². The fourth-order valence-corrected chi connectivity index (χ4v) is 4.55. The molecule has 1 aliphatic heterocycles. The maximum atomic E-state index is 14.1. The Morgan fingerprint density at radius 3 is 2.59 bits per heavy atom. The average Bonchev–Trinajstić information content (AvgIpc) is 3.03. The highest BCUT2D eigenvalue weighted by atomic mass is 79.9. The van der Waals surface area contributed by atoms with Gasteiger partial charge in [0.2, 0.25) is 0 Å². The topological polar surface area (TPSA) is 46.6 Å². The molecule has 4 rings (SSSR count). The highest BCUT2D eigenvalue weighted by Crippen LogP contribution is 2.36. The first-order valence-corrected chi connectivity index (χ1v) is 11.6. The van der Waals surface area contributed by atoms with Crippen molar-refractivity contribution < 1.29 is 18.7 Å². The zero-order valence-corrected chi connectivity index (χ0v) is 19.7. The molecule has 0 saturated carbocycles. The van der Waals surface area contributed by atoms with Crippen LogP contribution in [-0.4, -0.2) is 16.0 Å². The van der Waals surface area contributed by atoms with Crippen LogP contribution >= 0.6 is 39.3 Å². The first kappa shape index (κ1) is 22.6. The smallest absolute Gasteiger partial charge is 0.293 e. The van der Waals surface area contributed by atoms with Gasteiger partial charge in [-0.15, -0.1) is 0 Å². The monoisotopic (exact) mass is 531 g/mol. The first-order chi connectivity index (χ1) is 15.4. The molecule has 1 aliphatic rings. The summed E-state index contributed by atoms with van der Waals surface area (Å²) in [5, 5.41) is -0.320. The van der Waals surface area contributed by atoms with Crippen LogP contribution in [0.25, 0.3) is 6.08 Å². The first-order valence-electron chi connectivity index (χ1n) is 9.57. The molecule has 1 heterocycles. The molecule has 0 N–H and O–H groups in total. The summed E-state index contributed by atoms with van der Waals surface area (Å²) in [6.07, 6.45) is 1.61. The van der Waals surface area contributed by atoms with E-state index in [1.807, 2.05) is 42.5 Å². The molecule has 4 nitrogen and oxygen atoms in total. The molecule has 0 radical (unpaired) electrons. The molecule has 0 spiro atoms. The van der Waals surface area contributed by atoms with Gasteiger partial charge in [-0.25, -0.2) is 4.39 Å². The van der Waals surface area contributed by atoms with Crippen LogP contribution in [-0.2, 0) is 17.9 Å². The van der Waals surface area contributed by atoms with Crippen LogP contribution in [0.4, 0.5) is 9.18 Å². The normalized spacial score (nSPS) is 15.0. The minimum atomic E-state index is -0.566. The number of carbonyl (C=O) groups is 2. The molecule has 0 unspecified atom stereocenters. The molecule has 0 aliphatic carbocycles. The summed E-state index contributed by atoms with van der Waals surface area (Å²) in [6.45, 7) is 0.125. The highest BCUT2D eigenvalue weighted by molar-refractivity contribution is 9.10. The van der Waals surface area contributed by atoms with Crippen molar-refractivity contribution in [1.82, 2.24) is 4.90 Å². The number of benzene rings is 3.